The number of hydrogen-bond donors (Lipinski definition) is 2. The van der Waals surface area contributed by atoms with E-state index in [1.807, 2.05) is 5.32 Å². The molecule has 2 N–H and O–H groups in total. The van der Waals surface area contributed by atoms with Crippen molar-refractivity contribution in [2.75, 3.05) is 0 Å². The Kier molecular flexibility index (Phi) is 4.30. The molecule has 98 valence electrons. The van der Waals surface area contributed by atoms with E-state index in [1.165, 1.54) is 24.3 Å². The summed E-state index contributed by atoms with van der Waals surface area (Å²) in [6.07, 6.45) is -6.37. The van der Waals surface area contributed by atoms with Crippen LogP contribution in [0.15, 0.2) is 30.3 Å². The molecule has 0 saturated carbocycles. The van der Waals surface area contributed by atoms with Crippen molar-refractivity contribution in [3.05, 3.63) is 35.9 Å². The first-order valence-corrected chi connectivity index (χ1v) is 4.93. The van der Waals surface area contributed by atoms with Gasteiger partial charge in [-0.25, -0.2) is 4.79 Å². The Morgan fingerprint density at radius 1 is 1.22 bits per heavy atom. The van der Waals surface area contributed by atoms with Crippen LogP contribution in [0.1, 0.15) is 18.0 Å². The van der Waals surface area contributed by atoms with Crippen molar-refractivity contribution in [1.82, 2.24) is 5.32 Å². The van der Waals surface area contributed by atoms with Gasteiger partial charge in [-0.05, 0) is 5.56 Å². The van der Waals surface area contributed by atoms with Gasteiger partial charge in [0.2, 0.25) is 5.91 Å². The number of hydrogen-bond acceptors (Lipinski definition) is 2. The molecule has 0 bridgehead atoms. The lowest BCUT2D eigenvalue weighted by Crippen LogP contribution is -2.36. The van der Waals surface area contributed by atoms with Crippen molar-refractivity contribution in [2.45, 2.75) is 18.6 Å². The minimum Gasteiger partial charge on any atom is -0.479 e. The topological polar surface area (TPSA) is 66.4 Å². The highest BCUT2D eigenvalue weighted by Gasteiger charge is 2.33. The molecule has 1 amide bonds. The molecule has 0 aromatic heterocycles. The van der Waals surface area contributed by atoms with Crippen LogP contribution in [0.2, 0.25) is 0 Å². The molecule has 1 rings (SSSR count). The van der Waals surface area contributed by atoms with Gasteiger partial charge < -0.3 is 10.4 Å². The van der Waals surface area contributed by atoms with Crippen molar-refractivity contribution < 1.29 is 27.9 Å². The van der Waals surface area contributed by atoms with Gasteiger partial charge in [-0.3, -0.25) is 4.79 Å². The maximum atomic E-state index is 12.0. The molecule has 0 aliphatic heterocycles. The predicted octanol–water partition coefficient (Wildman–Crippen LogP) is 1.88. The summed E-state index contributed by atoms with van der Waals surface area (Å²) in [5, 5.41) is 10.7. The number of benzene rings is 1. The van der Waals surface area contributed by atoms with Gasteiger partial charge in [-0.2, -0.15) is 13.2 Å². The summed E-state index contributed by atoms with van der Waals surface area (Å²) in [7, 11) is 0. The fourth-order valence-corrected chi connectivity index (χ4v) is 1.33. The molecular weight excluding hydrogens is 251 g/mol. The second kappa shape index (κ2) is 5.52. The van der Waals surface area contributed by atoms with Crippen LogP contribution in [0.4, 0.5) is 13.2 Å². The van der Waals surface area contributed by atoms with Crippen LogP contribution >= 0.6 is 0 Å². The first-order chi connectivity index (χ1) is 8.29. The summed E-state index contributed by atoms with van der Waals surface area (Å²) in [5.41, 5.74) is 0.209. The van der Waals surface area contributed by atoms with Crippen molar-refractivity contribution in [3.8, 4) is 0 Å². The number of alkyl halides is 3. The van der Waals surface area contributed by atoms with E-state index in [9.17, 15) is 22.8 Å². The zero-order chi connectivity index (χ0) is 13.8. The van der Waals surface area contributed by atoms with Crippen LogP contribution in [0.25, 0.3) is 0 Å². The molecule has 0 spiro atoms. The van der Waals surface area contributed by atoms with Crippen LogP contribution in [-0.4, -0.2) is 23.2 Å². The summed E-state index contributed by atoms with van der Waals surface area (Å²) in [5.74, 6) is -2.80. The lowest BCUT2D eigenvalue weighted by molar-refractivity contribution is -0.157. The monoisotopic (exact) mass is 261 g/mol. The highest BCUT2D eigenvalue weighted by Crippen LogP contribution is 2.20. The number of rotatable bonds is 4. The maximum absolute atomic E-state index is 12.0. The molecule has 0 radical (unpaired) electrons. The van der Waals surface area contributed by atoms with E-state index in [0.29, 0.717) is 0 Å². The van der Waals surface area contributed by atoms with Gasteiger partial charge in [0.05, 0.1) is 0 Å². The molecule has 0 aliphatic carbocycles. The molecule has 4 nitrogen and oxygen atoms in total. The fraction of sp³-hybridized carbons (Fsp3) is 0.273. The van der Waals surface area contributed by atoms with Crippen molar-refractivity contribution >= 4 is 11.9 Å². The minimum atomic E-state index is -4.66. The standard InChI is InChI=1S/C11H10F3NO3/c12-11(13,14)6-8(16)15-9(10(17)18)7-4-2-1-3-5-7/h1-5,9H,6H2,(H,15,16)(H,17,18)/t9-/m0/s1. The third-order valence-electron chi connectivity index (χ3n) is 2.05. The minimum absolute atomic E-state index is 0.209. The first kappa shape index (κ1) is 14.0. The molecule has 1 atom stereocenters. The number of nitrogens with one attached hydrogen (secondary N) is 1. The Morgan fingerprint density at radius 2 is 1.78 bits per heavy atom. The summed E-state index contributed by atoms with van der Waals surface area (Å²) in [6, 6.07) is 6.02. The highest BCUT2D eigenvalue weighted by molar-refractivity contribution is 5.84. The summed E-state index contributed by atoms with van der Waals surface area (Å²) in [6.45, 7) is 0. The first-order valence-electron chi connectivity index (χ1n) is 4.93. The molecule has 7 heteroatoms. The van der Waals surface area contributed by atoms with Gasteiger partial charge in [-0.15, -0.1) is 0 Å². The highest BCUT2D eigenvalue weighted by atomic mass is 19.4. The van der Waals surface area contributed by atoms with Gasteiger partial charge in [0, 0.05) is 0 Å². The maximum Gasteiger partial charge on any atom is 0.397 e. The van der Waals surface area contributed by atoms with E-state index in [1.54, 1.807) is 6.07 Å². The van der Waals surface area contributed by atoms with Gasteiger partial charge in [-0.1, -0.05) is 30.3 Å². The van der Waals surface area contributed by atoms with Gasteiger partial charge in [0.15, 0.2) is 6.04 Å². The largest absolute Gasteiger partial charge is 0.479 e. The number of carbonyl (C=O) groups excluding carboxylic acids is 1. The van der Waals surface area contributed by atoms with Crippen molar-refractivity contribution in [1.29, 1.82) is 0 Å². The summed E-state index contributed by atoms with van der Waals surface area (Å²) >= 11 is 0. The SMILES string of the molecule is O=C(CC(F)(F)F)N[C@H](C(=O)O)c1ccccc1. The number of carbonyl (C=O) groups is 2. The number of carboxylic acid groups (broad SMARTS) is 1. The number of amides is 1. The van der Waals surface area contributed by atoms with Crippen molar-refractivity contribution in [2.24, 2.45) is 0 Å². The molecule has 1 aromatic carbocycles. The lowest BCUT2D eigenvalue weighted by Gasteiger charge is -2.15. The zero-order valence-electron chi connectivity index (χ0n) is 9.07. The smallest absolute Gasteiger partial charge is 0.397 e. The van der Waals surface area contributed by atoms with Crippen LogP contribution < -0.4 is 5.32 Å². The van der Waals surface area contributed by atoms with Crippen molar-refractivity contribution in [3.63, 3.8) is 0 Å². The Labute approximate surface area is 100 Å². The Hall–Kier alpha value is -2.05. The predicted molar refractivity (Wildman–Crippen MR) is 55.6 cm³/mol. The van der Waals surface area contributed by atoms with E-state index in [-0.39, 0.29) is 5.56 Å². The Bertz CT molecular complexity index is 431. The number of aliphatic carboxylic acids is 1. The second-order valence-electron chi connectivity index (χ2n) is 3.54. The van der Waals surface area contributed by atoms with Crippen LogP contribution in [0.5, 0.6) is 0 Å². The average Bonchev–Trinajstić information content (AvgIpc) is 2.24. The number of halogens is 3. The van der Waals surface area contributed by atoms with E-state index >= 15 is 0 Å². The molecule has 0 aliphatic rings. The van der Waals surface area contributed by atoms with Gasteiger partial charge >= 0.3 is 12.1 Å². The molecular formula is C11H10F3NO3. The summed E-state index contributed by atoms with van der Waals surface area (Å²) < 4.78 is 35.9. The van der Waals surface area contributed by atoms with E-state index in [4.69, 9.17) is 5.11 Å². The number of carboxylic acids is 1. The molecule has 0 unspecified atom stereocenters. The average molecular weight is 261 g/mol. The Balaban J connectivity index is 2.77. The van der Waals surface area contributed by atoms with E-state index in [2.05, 4.69) is 0 Å². The third kappa shape index (κ3) is 4.44. The van der Waals surface area contributed by atoms with Crippen LogP contribution in [0, 0.1) is 0 Å². The third-order valence-corrected chi connectivity index (χ3v) is 2.05. The van der Waals surface area contributed by atoms with E-state index in [0.717, 1.165) is 0 Å². The fourth-order valence-electron chi connectivity index (χ4n) is 1.33. The molecule has 1 aromatic rings. The molecule has 18 heavy (non-hydrogen) atoms. The normalized spacial score (nSPS) is 12.8. The zero-order valence-corrected chi connectivity index (χ0v) is 9.07. The molecule has 0 fully saturated rings. The van der Waals surface area contributed by atoms with Crippen LogP contribution in [-0.2, 0) is 9.59 Å². The second-order valence-corrected chi connectivity index (χ2v) is 3.54. The van der Waals surface area contributed by atoms with Crippen LogP contribution in [0.3, 0.4) is 0 Å². The summed E-state index contributed by atoms with van der Waals surface area (Å²) in [4.78, 5) is 22.0. The lowest BCUT2D eigenvalue weighted by atomic mass is 10.1. The quantitative estimate of drug-likeness (QED) is 0.869. The van der Waals surface area contributed by atoms with Gasteiger partial charge in [0.25, 0.3) is 0 Å². The van der Waals surface area contributed by atoms with Gasteiger partial charge in [0.1, 0.15) is 6.42 Å². The molecule has 0 saturated heterocycles. The van der Waals surface area contributed by atoms with E-state index < -0.39 is 30.5 Å². The molecule has 0 heterocycles. The Morgan fingerprint density at radius 3 is 2.22 bits per heavy atom.